The van der Waals surface area contributed by atoms with Crippen LogP contribution in [-0.4, -0.2) is 24.8 Å². The highest BCUT2D eigenvalue weighted by molar-refractivity contribution is 6.00. The van der Waals surface area contributed by atoms with Crippen LogP contribution in [0.3, 0.4) is 0 Å². The number of hydrogen-bond acceptors (Lipinski definition) is 3. The van der Waals surface area contributed by atoms with Crippen molar-refractivity contribution in [3.63, 3.8) is 0 Å². The predicted octanol–water partition coefficient (Wildman–Crippen LogP) is 2.61. The van der Waals surface area contributed by atoms with Gasteiger partial charge in [0.25, 0.3) is 0 Å². The Kier molecular flexibility index (Phi) is 6.67. The van der Waals surface area contributed by atoms with Gasteiger partial charge in [0, 0.05) is 17.8 Å². The normalized spacial score (nSPS) is 13.2. The van der Waals surface area contributed by atoms with Crippen LogP contribution < -0.4 is 0 Å². The summed E-state index contributed by atoms with van der Waals surface area (Å²) in [4.78, 5) is 15.6. The lowest BCUT2D eigenvalue weighted by Crippen LogP contribution is -2.06. The summed E-state index contributed by atoms with van der Waals surface area (Å²) in [6, 6.07) is 0. The van der Waals surface area contributed by atoms with E-state index in [1.807, 2.05) is 6.92 Å². The summed E-state index contributed by atoms with van der Waals surface area (Å²) in [7, 11) is 0. The fourth-order valence-electron chi connectivity index (χ4n) is 0.989. The molecule has 0 aromatic rings. The molecule has 0 atom stereocenters. The van der Waals surface area contributed by atoms with Crippen LogP contribution in [0.1, 0.15) is 34.6 Å². The van der Waals surface area contributed by atoms with E-state index in [1.54, 1.807) is 19.9 Å². The van der Waals surface area contributed by atoms with Crippen LogP contribution in [-0.2, 0) is 9.53 Å². The number of carbonyl (C=O) groups is 1. The molecule has 0 aliphatic rings. The fraction of sp³-hybridized carbons (Fsp3) is 0.667. The zero-order valence-electron chi connectivity index (χ0n) is 10.3. The average Bonchev–Trinajstić information content (AvgIpc) is 2.15. The van der Waals surface area contributed by atoms with E-state index in [1.165, 1.54) is 0 Å². The summed E-state index contributed by atoms with van der Waals surface area (Å²) >= 11 is 0. The molecule has 0 spiro atoms. The van der Waals surface area contributed by atoms with Crippen molar-refractivity contribution in [2.24, 2.45) is 10.9 Å². The van der Waals surface area contributed by atoms with Gasteiger partial charge in [-0.1, -0.05) is 13.8 Å². The van der Waals surface area contributed by atoms with Crippen LogP contribution in [0.2, 0.25) is 0 Å². The predicted molar refractivity (Wildman–Crippen MR) is 63.2 cm³/mol. The monoisotopic (exact) mass is 211 g/mol. The minimum atomic E-state index is -0.267. The molecule has 3 nitrogen and oxygen atoms in total. The topological polar surface area (TPSA) is 38.7 Å². The maximum Gasteiger partial charge on any atom is 0.333 e. The Morgan fingerprint density at radius 3 is 2.47 bits per heavy atom. The molecule has 0 radical (unpaired) electrons. The second kappa shape index (κ2) is 7.21. The molecule has 0 unspecified atom stereocenters. The van der Waals surface area contributed by atoms with Gasteiger partial charge < -0.3 is 4.74 Å². The largest absolute Gasteiger partial charge is 0.463 e. The SMILES string of the molecule is CCOC(=O)/C(C)=C/C(C)=NCC(C)C. The number of rotatable bonds is 5. The molecule has 0 rings (SSSR count). The lowest BCUT2D eigenvalue weighted by molar-refractivity contribution is -0.138. The van der Waals surface area contributed by atoms with E-state index in [2.05, 4.69) is 18.8 Å². The standard InChI is InChI=1S/C12H21NO2/c1-6-15-12(14)10(4)7-11(5)13-8-9(2)3/h7,9H,6,8H2,1-5H3/b10-7+,13-11?. The molecular weight excluding hydrogens is 190 g/mol. The van der Waals surface area contributed by atoms with Gasteiger partial charge in [0.15, 0.2) is 0 Å². The Morgan fingerprint density at radius 2 is 2.00 bits per heavy atom. The molecule has 86 valence electrons. The number of hydrogen-bond donors (Lipinski definition) is 0. The third-order valence-electron chi connectivity index (χ3n) is 1.73. The average molecular weight is 211 g/mol. The molecule has 0 heterocycles. The molecule has 0 N–H and O–H groups in total. The zero-order chi connectivity index (χ0) is 11.8. The molecule has 0 amide bonds. The fourth-order valence-corrected chi connectivity index (χ4v) is 0.989. The van der Waals surface area contributed by atoms with Gasteiger partial charge in [0.05, 0.1) is 6.61 Å². The second-order valence-corrected chi connectivity index (χ2v) is 3.92. The van der Waals surface area contributed by atoms with Gasteiger partial charge >= 0.3 is 5.97 Å². The van der Waals surface area contributed by atoms with E-state index in [4.69, 9.17) is 4.74 Å². The number of carbonyl (C=O) groups excluding carboxylic acids is 1. The Labute approximate surface area is 92.2 Å². The quantitative estimate of drug-likeness (QED) is 0.398. The summed E-state index contributed by atoms with van der Waals surface area (Å²) in [5.41, 5.74) is 1.47. The lowest BCUT2D eigenvalue weighted by Gasteiger charge is -2.02. The van der Waals surface area contributed by atoms with E-state index in [0.717, 1.165) is 12.3 Å². The number of ether oxygens (including phenoxy) is 1. The van der Waals surface area contributed by atoms with Gasteiger partial charge in [0.2, 0.25) is 0 Å². The number of nitrogens with zero attached hydrogens (tertiary/aromatic N) is 1. The molecule has 0 fully saturated rings. The summed E-state index contributed by atoms with van der Waals surface area (Å²) in [5.74, 6) is 0.271. The van der Waals surface area contributed by atoms with Crippen molar-refractivity contribution in [2.75, 3.05) is 13.2 Å². The van der Waals surface area contributed by atoms with Crippen LogP contribution in [0.25, 0.3) is 0 Å². The van der Waals surface area contributed by atoms with Gasteiger partial charge in [-0.3, -0.25) is 4.99 Å². The summed E-state index contributed by atoms with van der Waals surface area (Å²) < 4.78 is 4.87. The highest BCUT2D eigenvalue weighted by Gasteiger charge is 2.04. The van der Waals surface area contributed by atoms with E-state index >= 15 is 0 Å². The number of aliphatic imine (C=N–C) groups is 1. The zero-order valence-corrected chi connectivity index (χ0v) is 10.3. The Hall–Kier alpha value is -1.12. The molecule has 3 heteroatoms. The number of esters is 1. The highest BCUT2D eigenvalue weighted by atomic mass is 16.5. The van der Waals surface area contributed by atoms with Crippen LogP contribution in [0.4, 0.5) is 0 Å². The van der Waals surface area contributed by atoms with Gasteiger partial charge in [0.1, 0.15) is 0 Å². The minimum absolute atomic E-state index is 0.267. The third-order valence-corrected chi connectivity index (χ3v) is 1.73. The lowest BCUT2D eigenvalue weighted by atomic mass is 10.2. The van der Waals surface area contributed by atoms with Gasteiger partial charge in [-0.15, -0.1) is 0 Å². The van der Waals surface area contributed by atoms with E-state index < -0.39 is 0 Å². The van der Waals surface area contributed by atoms with Crippen molar-refractivity contribution >= 4 is 11.7 Å². The van der Waals surface area contributed by atoms with Gasteiger partial charge in [-0.05, 0) is 32.8 Å². The molecule has 0 aliphatic carbocycles. The molecular formula is C12H21NO2. The third kappa shape index (κ3) is 6.89. The summed E-state index contributed by atoms with van der Waals surface area (Å²) in [5, 5.41) is 0. The van der Waals surface area contributed by atoms with Crippen molar-refractivity contribution < 1.29 is 9.53 Å². The molecule has 0 aromatic carbocycles. The molecule has 0 saturated carbocycles. The van der Waals surface area contributed by atoms with E-state index in [-0.39, 0.29) is 5.97 Å². The summed E-state index contributed by atoms with van der Waals surface area (Å²) in [6.45, 7) is 10.9. The Bertz CT molecular complexity index is 265. The first kappa shape index (κ1) is 13.9. The maximum absolute atomic E-state index is 11.3. The van der Waals surface area contributed by atoms with Crippen molar-refractivity contribution in [1.82, 2.24) is 0 Å². The minimum Gasteiger partial charge on any atom is -0.463 e. The van der Waals surface area contributed by atoms with E-state index in [9.17, 15) is 4.79 Å². The van der Waals surface area contributed by atoms with Crippen molar-refractivity contribution in [2.45, 2.75) is 34.6 Å². The second-order valence-electron chi connectivity index (χ2n) is 3.92. The highest BCUT2D eigenvalue weighted by Crippen LogP contribution is 1.99. The molecule has 0 aromatic heterocycles. The maximum atomic E-state index is 11.3. The summed E-state index contributed by atoms with van der Waals surface area (Å²) in [6.07, 6.45) is 1.76. The van der Waals surface area contributed by atoms with Gasteiger partial charge in [-0.25, -0.2) is 4.79 Å². The van der Waals surface area contributed by atoms with Crippen molar-refractivity contribution in [1.29, 1.82) is 0 Å². The molecule has 15 heavy (non-hydrogen) atoms. The Balaban J connectivity index is 4.33. The smallest absolute Gasteiger partial charge is 0.333 e. The molecule has 0 bridgehead atoms. The molecule has 0 saturated heterocycles. The number of allylic oxidation sites excluding steroid dienone is 1. The van der Waals surface area contributed by atoms with Crippen molar-refractivity contribution in [3.8, 4) is 0 Å². The first-order valence-corrected chi connectivity index (χ1v) is 5.33. The van der Waals surface area contributed by atoms with Crippen molar-refractivity contribution in [3.05, 3.63) is 11.6 Å². The first-order chi connectivity index (χ1) is 6.97. The molecule has 0 aliphatic heterocycles. The van der Waals surface area contributed by atoms with E-state index in [0.29, 0.717) is 18.1 Å². The van der Waals surface area contributed by atoms with Crippen LogP contribution in [0.15, 0.2) is 16.6 Å². The first-order valence-electron chi connectivity index (χ1n) is 5.33. The van der Waals surface area contributed by atoms with Crippen LogP contribution in [0.5, 0.6) is 0 Å². The van der Waals surface area contributed by atoms with Crippen LogP contribution >= 0.6 is 0 Å². The Morgan fingerprint density at radius 1 is 1.40 bits per heavy atom. The van der Waals surface area contributed by atoms with Crippen LogP contribution in [0, 0.1) is 5.92 Å². The van der Waals surface area contributed by atoms with Gasteiger partial charge in [-0.2, -0.15) is 0 Å².